The lowest BCUT2D eigenvalue weighted by molar-refractivity contribution is 0.0948. The fourth-order valence-electron chi connectivity index (χ4n) is 3.84. The first-order valence-electron chi connectivity index (χ1n) is 11.1. The van der Waals surface area contributed by atoms with Gasteiger partial charge in [0.15, 0.2) is 10.9 Å². The number of carbonyl (C=O) groups is 1. The third-order valence-corrected chi connectivity index (χ3v) is 6.58. The average molecular weight is 483 g/mol. The Morgan fingerprint density at radius 3 is 2.61 bits per heavy atom. The molecule has 0 saturated heterocycles. The van der Waals surface area contributed by atoms with Gasteiger partial charge in [0.25, 0.3) is 5.91 Å². The Hall–Kier alpha value is -2.71. The van der Waals surface area contributed by atoms with E-state index in [-0.39, 0.29) is 5.91 Å². The Labute approximate surface area is 203 Å². The molecule has 1 aromatic carbocycles. The molecular weight excluding hydrogens is 456 g/mol. The molecule has 1 amide bonds. The summed E-state index contributed by atoms with van der Waals surface area (Å²) in [6.07, 6.45) is 7.93. The molecule has 0 saturated carbocycles. The summed E-state index contributed by atoms with van der Waals surface area (Å²) in [5.74, 6) is 0.232. The second kappa shape index (κ2) is 10.9. The number of rotatable bonds is 8. The van der Waals surface area contributed by atoms with E-state index in [1.165, 1.54) is 30.2 Å². The number of aryl methyl sites for hydroxylation is 2. The van der Waals surface area contributed by atoms with Crippen LogP contribution in [0, 0.1) is 13.8 Å². The smallest absolute Gasteiger partial charge is 0.273 e. The number of hydrogen-bond acceptors (Lipinski definition) is 6. The van der Waals surface area contributed by atoms with Gasteiger partial charge in [-0.15, -0.1) is 5.10 Å². The zero-order valence-corrected chi connectivity index (χ0v) is 20.4. The summed E-state index contributed by atoms with van der Waals surface area (Å²) in [6.45, 7) is 4.48. The summed E-state index contributed by atoms with van der Waals surface area (Å²) in [5, 5.41) is 12.8. The summed E-state index contributed by atoms with van der Waals surface area (Å²) in [5.41, 5.74) is 5.04. The molecule has 1 aliphatic carbocycles. The minimum atomic E-state index is -0.219. The fourth-order valence-corrected chi connectivity index (χ4v) is 4.91. The summed E-state index contributed by atoms with van der Waals surface area (Å²) in [6, 6.07) is 9.23. The van der Waals surface area contributed by atoms with Gasteiger partial charge in [-0.2, -0.15) is 0 Å². The molecule has 3 aromatic rings. The van der Waals surface area contributed by atoms with E-state index in [0.717, 1.165) is 36.3 Å². The molecule has 1 N–H and O–H groups in total. The Balaban J connectivity index is 1.54. The number of nitrogens with one attached hydrogen (secondary N) is 1. The van der Waals surface area contributed by atoms with E-state index in [4.69, 9.17) is 11.6 Å². The van der Waals surface area contributed by atoms with E-state index in [2.05, 4.69) is 31.7 Å². The third-order valence-electron chi connectivity index (χ3n) is 5.47. The number of thioether (sulfide) groups is 1. The second-order valence-corrected chi connectivity index (χ2v) is 9.49. The average Bonchev–Trinajstić information content (AvgIpc) is 3.22. The number of halogens is 1. The van der Waals surface area contributed by atoms with Crippen LogP contribution in [-0.2, 0) is 5.75 Å². The lowest BCUT2D eigenvalue weighted by Crippen LogP contribution is -2.26. The molecule has 2 aromatic heterocycles. The lowest BCUT2D eigenvalue weighted by atomic mass is 9.97. The summed E-state index contributed by atoms with van der Waals surface area (Å²) >= 11 is 7.51. The van der Waals surface area contributed by atoms with Gasteiger partial charge in [0.05, 0.1) is 11.4 Å². The van der Waals surface area contributed by atoms with E-state index in [1.54, 1.807) is 16.8 Å². The predicted octanol–water partition coefficient (Wildman–Crippen LogP) is 5.24. The van der Waals surface area contributed by atoms with E-state index in [1.807, 2.05) is 32.0 Å². The molecule has 0 atom stereocenters. The summed E-state index contributed by atoms with van der Waals surface area (Å²) in [7, 11) is 0. The van der Waals surface area contributed by atoms with Crippen LogP contribution < -0.4 is 5.32 Å². The Bertz CT molecular complexity index is 1140. The van der Waals surface area contributed by atoms with Gasteiger partial charge >= 0.3 is 0 Å². The van der Waals surface area contributed by atoms with Crippen molar-refractivity contribution in [3.63, 3.8) is 0 Å². The second-order valence-electron chi connectivity index (χ2n) is 8.11. The van der Waals surface area contributed by atoms with Crippen LogP contribution in [0.2, 0.25) is 5.02 Å². The SMILES string of the molecule is Cc1cc(C)nc(SCc2c(C(=O)NCCC3=CCCCC3)nnn2-c2ccc(Cl)cc2)n1. The van der Waals surface area contributed by atoms with Crippen molar-refractivity contribution in [2.24, 2.45) is 0 Å². The molecule has 0 unspecified atom stereocenters. The van der Waals surface area contributed by atoms with Crippen molar-refractivity contribution in [2.45, 2.75) is 56.9 Å². The van der Waals surface area contributed by atoms with Crippen LogP contribution in [0.4, 0.5) is 0 Å². The van der Waals surface area contributed by atoms with Gasteiger partial charge in [0.2, 0.25) is 0 Å². The largest absolute Gasteiger partial charge is 0.350 e. The first-order chi connectivity index (χ1) is 16.0. The maximum Gasteiger partial charge on any atom is 0.273 e. The number of benzene rings is 1. The van der Waals surface area contributed by atoms with E-state index >= 15 is 0 Å². The Kier molecular flexibility index (Phi) is 7.77. The highest BCUT2D eigenvalue weighted by atomic mass is 35.5. The number of allylic oxidation sites excluding steroid dienone is 1. The number of nitrogens with zero attached hydrogens (tertiary/aromatic N) is 5. The maximum atomic E-state index is 13.0. The van der Waals surface area contributed by atoms with Gasteiger partial charge in [-0.25, -0.2) is 14.6 Å². The highest BCUT2D eigenvalue weighted by molar-refractivity contribution is 7.98. The molecule has 2 heterocycles. The van der Waals surface area contributed by atoms with Crippen LogP contribution in [0.1, 0.15) is 59.7 Å². The number of hydrogen-bond donors (Lipinski definition) is 1. The van der Waals surface area contributed by atoms with Crippen molar-refractivity contribution in [1.29, 1.82) is 0 Å². The quantitative estimate of drug-likeness (QED) is 0.268. The molecule has 9 heteroatoms. The number of carbonyl (C=O) groups excluding carboxylic acids is 1. The van der Waals surface area contributed by atoms with Gasteiger partial charge in [0, 0.05) is 28.7 Å². The molecule has 0 radical (unpaired) electrons. The van der Waals surface area contributed by atoms with E-state index in [0.29, 0.717) is 33.9 Å². The van der Waals surface area contributed by atoms with Crippen LogP contribution in [0.5, 0.6) is 0 Å². The van der Waals surface area contributed by atoms with E-state index < -0.39 is 0 Å². The zero-order chi connectivity index (χ0) is 23.2. The summed E-state index contributed by atoms with van der Waals surface area (Å²) < 4.78 is 1.69. The first kappa shape index (κ1) is 23.4. The topological polar surface area (TPSA) is 85.6 Å². The lowest BCUT2D eigenvalue weighted by Gasteiger charge is -2.13. The minimum Gasteiger partial charge on any atom is -0.350 e. The first-order valence-corrected chi connectivity index (χ1v) is 12.5. The molecule has 0 spiro atoms. The van der Waals surface area contributed by atoms with Gasteiger partial charge in [-0.1, -0.05) is 40.2 Å². The fraction of sp³-hybridized carbons (Fsp3) is 0.375. The van der Waals surface area contributed by atoms with Crippen molar-refractivity contribution in [3.05, 3.63) is 69.8 Å². The normalized spacial score (nSPS) is 13.6. The van der Waals surface area contributed by atoms with Crippen LogP contribution in [-0.4, -0.2) is 37.4 Å². The molecule has 1 aliphatic rings. The number of amides is 1. The van der Waals surface area contributed by atoms with Crippen LogP contribution in [0.3, 0.4) is 0 Å². The highest BCUT2D eigenvalue weighted by Gasteiger charge is 2.21. The van der Waals surface area contributed by atoms with Crippen LogP contribution in [0.15, 0.2) is 47.1 Å². The van der Waals surface area contributed by atoms with Gasteiger partial charge in [0.1, 0.15) is 0 Å². The summed E-state index contributed by atoms with van der Waals surface area (Å²) in [4.78, 5) is 22.0. The maximum absolute atomic E-state index is 13.0. The molecular formula is C24H27ClN6OS. The van der Waals surface area contributed by atoms with Crippen molar-refractivity contribution in [3.8, 4) is 5.69 Å². The molecule has 4 rings (SSSR count). The predicted molar refractivity (Wildman–Crippen MR) is 131 cm³/mol. The van der Waals surface area contributed by atoms with Gasteiger partial charge in [-0.05, 0) is 76.3 Å². The van der Waals surface area contributed by atoms with Crippen molar-refractivity contribution in [2.75, 3.05) is 6.54 Å². The zero-order valence-electron chi connectivity index (χ0n) is 18.8. The Morgan fingerprint density at radius 1 is 1.15 bits per heavy atom. The molecule has 7 nitrogen and oxygen atoms in total. The van der Waals surface area contributed by atoms with Crippen molar-refractivity contribution < 1.29 is 4.79 Å². The molecule has 0 fully saturated rings. The van der Waals surface area contributed by atoms with Crippen molar-refractivity contribution >= 4 is 29.3 Å². The van der Waals surface area contributed by atoms with Crippen LogP contribution in [0.25, 0.3) is 5.69 Å². The van der Waals surface area contributed by atoms with Crippen LogP contribution >= 0.6 is 23.4 Å². The third kappa shape index (κ3) is 6.21. The molecule has 0 aliphatic heterocycles. The standard InChI is InChI=1S/C24H27ClN6OS/c1-16-14-17(2)28-24(27-16)33-15-21-22(23(32)26-13-12-18-6-4-3-5-7-18)29-30-31(21)20-10-8-19(25)9-11-20/h6,8-11,14H,3-5,7,12-13,15H2,1-2H3,(H,26,32). The van der Waals surface area contributed by atoms with Gasteiger partial charge in [-0.3, -0.25) is 4.79 Å². The molecule has 33 heavy (non-hydrogen) atoms. The number of aromatic nitrogens is 5. The monoisotopic (exact) mass is 482 g/mol. The van der Waals surface area contributed by atoms with Gasteiger partial charge < -0.3 is 5.32 Å². The minimum absolute atomic E-state index is 0.219. The van der Waals surface area contributed by atoms with E-state index in [9.17, 15) is 4.79 Å². The Morgan fingerprint density at radius 2 is 1.91 bits per heavy atom. The molecule has 0 bridgehead atoms. The highest BCUT2D eigenvalue weighted by Crippen LogP contribution is 2.24. The molecule has 172 valence electrons. The van der Waals surface area contributed by atoms with Crippen molar-refractivity contribution in [1.82, 2.24) is 30.3 Å².